The fourth-order valence-electron chi connectivity index (χ4n) is 2.61. The van der Waals surface area contributed by atoms with Crippen molar-refractivity contribution in [2.24, 2.45) is 0 Å². The number of rotatable bonds is 9. The van der Waals surface area contributed by atoms with Gasteiger partial charge in [-0.3, -0.25) is 0 Å². The van der Waals surface area contributed by atoms with Crippen molar-refractivity contribution in [3.63, 3.8) is 0 Å². The fraction of sp³-hybridized carbons (Fsp3) is 0.182. The molecule has 3 rings (SSSR count). The number of ether oxygens (including phenoxy) is 2. The van der Waals surface area contributed by atoms with Crippen LogP contribution in [-0.4, -0.2) is 20.2 Å². The third kappa shape index (κ3) is 5.18. The predicted molar refractivity (Wildman–Crippen MR) is 107 cm³/mol. The maximum absolute atomic E-state index is 5.97. The largest absolute Gasteiger partial charge is 0.497 e. The molecule has 0 saturated carbocycles. The van der Waals surface area contributed by atoms with Crippen LogP contribution in [0.1, 0.15) is 5.56 Å². The maximum Gasteiger partial charge on any atom is 0.142 e. The number of para-hydroxylation sites is 2. The van der Waals surface area contributed by atoms with Gasteiger partial charge in [0.25, 0.3) is 0 Å². The van der Waals surface area contributed by atoms with Crippen LogP contribution in [0.25, 0.3) is 0 Å². The van der Waals surface area contributed by atoms with Gasteiger partial charge in [0.1, 0.15) is 18.1 Å². The second-order valence-electron chi connectivity index (χ2n) is 5.86. The van der Waals surface area contributed by atoms with Crippen LogP contribution >= 0.6 is 0 Å². The lowest BCUT2D eigenvalue weighted by molar-refractivity contribution is 0.307. The molecule has 3 aromatic carbocycles. The molecule has 2 N–H and O–H groups in total. The Hall–Kier alpha value is -3.14. The number of methoxy groups -OCH3 is 1. The molecule has 3 aromatic rings. The molecule has 4 heteroatoms. The molecule has 0 amide bonds. The van der Waals surface area contributed by atoms with Gasteiger partial charge >= 0.3 is 0 Å². The fourth-order valence-corrected chi connectivity index (χ4v) is 2.61. The van der Waals surface area contributed by atoms with Crippen molar-refractivity contribution < 1.29 is 9.47 Å². The Morgan fingerprint density at radius 2 is 1.54 bits per heavy atom. The zero-order valence-electron chi connectivity index (χ0n) is 14.9. The zero-order valence-corrected chi connectivity index (χ0v) is 14.9. The molecule has 0 bridgehead atoms. The quantitative estimate of drug-likeness (QED) is 0.545. The minimum absolute atomic E-state index is 0.557. The monoisotopic (exact) mass is 348 g/mol. The topological polar surface area (TPSA) is 42.5 Å². The average Bonchev–Trinajstić information content (AvgIpc) is 2.71. The van der Waals surface area contributed by atoms with E-state index in [4.69, 9.17) is 9.47 Å². The zero-order chi connectivity index (χ0) is 18.0. The SMILES string of the molecule is COc1cccc(NCCNc2ccccc2OCc2ccccc2)c1. The minimum atomic E-state index is 0.557. The molecule has 0 saturated heterocycles. The molecule has 0 atom stereocenters. The van der Waals surface area contributed by atoms with E-state index in [1.807, 2.05) is 66.7 Å². The summed E-state index contributed by atoms with van der Waals surface area (Å²) >= 11 is 0. The van der Waals surface area contributed by atoms with Gasteiger partial charge in [0.2, 0.25) is 0 Å². The summed E-state index contributed by atoms with van der Waals surface area (Å²) < 4.78 is 11.2. The van der Waals surface area contributed by atoms with Crippen LogP contribution in [0.3, 0.4) is 0 Å². The molecule has 0 aliphatic rings. The first kappa shape index (κ1) is 17.7. The van der Waals surface area contributed by atoms with Crippen molar-refractivity contribution in [2.75, 3.05) is 30.8 Å². The first-order valence-electron chi connectivity index (χ1n) is 8.73. The lowest BCUT2D eigenvalue weighted by Crippen LogP contribution is -2.14. The van der Waals surface area contributed by atoms with Gasteiger partial charge in [0.05, 0.1) is 12.8 Å². The van der Waals surface area contributed by atoms with Gasteiger partial charge in [-0.25, -0.2) is 0 Å². The summed E-state index contributed by atoms with van der Waals surface area (Å²) in [7, 11) is 1.67. The molecule has 134 valence electrons. The normalized spacial score (nSPS) is 10.2. The maximum atomic E-state index is 5.97. The van der Waals surface area contributed by atoms with Gasteiger partial charge < -0.3 is 20.1 Å². The second-order valence-corrected chi connectivity index (χ2v) is 5.86. The predicted octanol–water partition coefficient (Wildman–Crippen LogP) is 4.80. The van der Waals surface area contributed by atoms with Gasteiger partial charge in [-0.05, 0) is 29.8 Å². The number of hydrogen-bond acceptors (Lipinski definition) is 4. The van der Waals surface area contributed by atoms with E-state index in [0.717, 1.165) is 41.5 Å². The van der Waals surface area contributed by atoms with Gasteiger partial charge in [-0.1, -0.05) is 48.5 Å². The van der Waals surface area contributed by atoms with Crippen LogP contribution < -0.4 is 20.1 Å². The van der Waals surface area contributed by atoms with E-state index in [1.54, 1.807) is 7.11 Å². The summed E-state index contributed by atoms with van der Waals surface area (Å²) in [6, 6.07) is 26.1. The summed E-state index contributed by atoms with van der Waals surface area (Å²) in [5, 5.41) is 6.81. The minimum Gasteiger partial charge on any atom is -0.497 e. The Bertz CT molecular complexity index is 806. The molecule has 0 aromatic heterocycles. The van der Waals surface area contributed by atoms with Crippen molar-refractivity contribution in [3.8, 4) is 11.5 Å². The van der Waals surface area contributed by atoms with E-state index in [2.05, 4.69) is 22.8 Å². The van der Waals surface area contributed by atoms with Crippen LogP contribution in [0.2, 0.25) is 0 Å². The Labute approximate surface area is 154 Å². The van der Waals surface area contributed by atoms with E-state index >= 15 is 0 Å². The van der Waals surface area contributed by atoms with Gasteiger partial charge in [-0.2, -0.15) is 0 Å². The Balaban J connectivity index is 1.50. The summed E-state index contributed by atoms with van der Waals surface area (Å²) in [6.07, 6.45) is 0. The molecule has 0 spiro atoms. The summed E-state index contributed by atoms with van der Waals surface area (Å²) in [5.41, 5.74) is 3.19. The van der Waals surface area contributed by atoms with Crippen LogP contribution in [0.5, 0.6) is 11.5 Å². The van der Waals surface area contributed by atoms with E-state index in [0.29, 0.717) is 6.61 Å². The first-order valence-corrected chi connectivity index (χ1v) is 8.73. The van der Waals surface area contributed by atoms with Crippen molar-refractivity contribution in [2.45, 2.75) is 6.61 Å². The second kappa shape index (κ2) is 9.37. The summed E-state index contributed by atoms with van der Waals surface area (Å²) in [6.45, 7) is 2.13. The molecular weight excluding hydrogens is 324 g/mol. The third-order valence-corrected chi connectivity index (χ3v) is 3.96. The number of benzene rings is 3. The van der Waals surface area contributed by atoms with Crippen LogP contribution in [0.4, 0.5) is 11.4 Å². The number of nitrogens with one attached hydrogen (secondary N) is 2. The molecule has 0 unspecified atom stereocenters. The molecule has 26 heavy (non-hydrogen) atoms. The molecular formula is C22H24N2O2. The Morgan fingerprint density at radius 1 is 0.769 bits per heavy atom. The first-order chi connectivity index (χ1) is 12.8. The van der Waals surface area contributed by atoms with E-state index in [9.17, 15) is 0 Å². The van der Waals surface area contributed by atoms with Crippen LogP contribution in [0, 0.1) is 0 Å². The molecule has 0 fully saturated rings. The molecule has 0 radical (unpaired) electrons. The average molecular weight is 348 g/mol. The van der Waals surface area contributed by atoms with Crippen molar-refractivity contribution >= 4 is 11.4 Å². The van der Waals surface area contributed by atoms with E-state index in [1.165, 1.54) is 0 Å². The third-order valence-electron chi connectivity index (χ3n) is 3.96. The highest BCUT2D eigenvalue weighted by atomic mass is 16.5. The standard InChI is InChI=1S/C22H24N2O2/c1-25-20-11-7-10-19(16-20)23-14-15-24-21-12-5-6-13-22(21)26-17-18-8-3-2-4-9-18/h2-13,16,23-24H,14-15,17H2,1H3. The highest BCUT2D eigenvalue weighted by Crippen LogP contribution is 2.24. The molecule has 4 nitrogen and oxygen atoms in total. The van der Waals surface area contributed by atoms with Gasteiger partial charge in [0, 0.05) is 24.8 Å². The highest BCUT2D eigenvalue weighted by molar-refractivity contribution is 5.56. The van der Waals surface area contributed by atoms with Crippen molar-refractivity contribution in [1.82, 2.24) is 0 Å². The van der Waals surface area contributed by atoms with E-state index in [-0.39, 0.29) is 0 Å². The lowest BCUT2D eigenvalue weighted by atomic mass is 10.2. The highest BCUT2D eigenvalue weighted by Gasteiger charge is 2.03. The smallest absolute Gasteiger partial charge is 0.142 e. The summed E-state index contributed by atoms with van der Waals surface area (Å²) in [5.74, 6) is 1.71. The van der Waals surface area contributed by atoms with Crippen LogP contribution in [0.15, 0.2) is 78.9 Å². The molecule has 0 aliphatic carbocycles. The molecule has 0 heterocycles. The Kier molecular flexibility index (Phi) is 6.37. The lowest BCUT2D eigenvalue weighted by Gasteiger charge is -2.14. The van der Waals surface area contributed by atoms with Gasteiger partial charge in [-0.15, -0.1) is 0 Å². The Morgan fingerprint density at radius 3 is 2.38 bits per heavy atom. The van der Waals surface area contributed by atoms with Crippen molar-refractivity contribution in [3.05, 3.63) is 84.4 Å². The number of anilines is 2. The number of hydrogen-bond donors (Lipinski definition) is 2. The summed E-state index contributed by atoms with van der Waals surface area (Å²) in [4.78, 5) is 0. The van der Waals surface area contributed by atoms with Crippen molar-refractivity contribution in [1.29, 1.82) is 0 Å². The van der Waals surface area contributed by atoms with Crippen LogP contribution in [-0.2, 0) is 6.61 Å². The molecule has 0 aliphatic heterocycles. The van der Waals surface area contributed by atoms with E-state index < -0.39 is 0 Å². The van der Waals surface area contributed by atoms with Gasteiger partial charge in [0.15, 0.2) is 0 Å².